The van der Waals surface area contributed by atoms with Crippen LogP contribution in [0.5, 0.6) is 0 Å². The first-order valence-electron chi connectivity index (χ1n) is 9.70. The molecule has 1 fully saturated rings. The lowest BCUT2D eigenvalue weighted by Crippen LogP contribution is -2.52. The highest BCUT2D eigenvalue weighted by Gasteiger charge is 2.53. The highest BCUT2D eigenvalue weighted by Crippen LogP contribution is 2.60. The number of rotatable bonds is 5. The number of fused-ring (bicyclic) bond motifs is 1. The molecule has 3 nitrogen and oxygen atoms in total. The maximum Gasteiger partial charge on any atom is 0.302 e. The quantitative estimate of drug-likeness (QED) is 0.559. The molecule has 2 rings (SSSR count). The number of ether oxygens (including phenoxy) is 1. The fourth-order valence-corrected chi connectivity index (χ4v) is 5.64. The molecule has 1 N–H and O–H groups in total. The summed E-state index contributed by atoms with van der Waals surface area (Å²) in [6, 6.07) is 0. The Labute approximate surface area is 153 Å². The van der Waals surface area contributed by atoms with Crippen LogP contribution >= 0.6 is 0 Å². The summed E-state index contributed by atoms with van der Waals surface area (Å²) in [5.41, 5.74) is 3.10. The fraction of sp³-hybridized carbons (Fsp3) is 0.773. The van der Waals surface area contributed by atoms with Crippen LogP contribution in [0.25, 0.3) is 0 Å². The molecule has 0 aromatic heterocycles. The molecule has 0 amide bonds. The van der Waals surface area contributed by atoms with Crippen molar-refractivity contribution in [2.45, 2.75) is 79.8 Å². The zero-order valence-corrected chi connectivity index (χ0v) is 16.9. The monoisotopic (exact) mass is 348 g/mol. The van der Waals surface area contributed by atoms with Gasteiger partial charge in [-0.2, -0.15) is 0 Å². The third-order valence-electron chi connectivity index (χ3n) is 6.74. The molecule has 2 aliphatic rings. The summed E-state index contributed by atoms with van der Waals surface area (Å²) in [7, 11) is 0. The van der Waals surface area contributed by atoms with Crippen LogP contribution in [-0.2, 0) is 9.53 Å². The molecule has 2 aliphatic carbocycles. The molecule has 25 heavy (non-hydrogen) atoms. The Morgan fingerprint density at radius 1 is 1.32 bits per heavy atom. The van der Waals surface area contributed by atoms with Crippen molar-refractivity contribution >= 4 is 5.97 Å². The largest absolute Gasteiger partial charge is 0.462 e. The highest BCUT2D eigenvalue weighted by molar-refractivity contribution is 5.66. The molecule has 0 unspecified atom stereocenters. The van der Waals surface area contributed by atoms with Gasteiger partial charge in [-0.15, -0.1) is 0 Å². The summed E-state index contributed by atoms with van der Waals surface area (Å²) in [5, 5.41) is 10.5. The predicted molar refractivity (Wildman–Crippen MR) is 102 cm³/mol. The summed E-state index contributed by atoms with van der Waals surface area (Å²) in [4.78, 5) is 10.9. The lowest BCUT2D eigenvalue weighted by Gasteiger charge is -2.58. The zero-order chi connectivity index (χ0) is 18.8. The Morgan fingerprint density at radius 2 is 2.00 bits per heavy atom. The Balaban J connectivity index is 2.11. The average molecular weight is 349 g/mol. The minimum atomic E-state index is -0.233. The van der Waals surface area contributed by atoms with Gasteiger partial charge in [0, 0.05) is 6.92 Å². The molecular formula is C22H36O3. The number of hydrogen-bond donors (Lipinski definition) is 1. The van der Waals surface area contributed by atoms with Gasteiger partial charge in [-0.1, -0.05) is 38.0 Å². The van der Waals surface area contributed by atoms with Crippen molar-refractivity contribution in [1.29, 1.82) is 0 Å². The van der Waals surface area contributed by atoms with Crippen molar-refractivity contribution in [2.75, 3.05) is 6.61 Å². The number of aliphatic hydroxyl groups excluding tert-OH is 1. The van der Waals surface area contributed by atoms with Crippen LogP contribution in [-0.4, -0.2) is 23.8 Å². The van der Waals surface area contributed by atoms with E-state index in [9.17, 15) is 9.90 Å². The summed E-state index contributed by atoms with van der Waals surface area (Å²) < 4.78 is 5.01. The Bertz CT molecular complexity index is 558. The molecule has 0 spiro atoms. The normalized spacial score (nSPS) is 34.9. The van der Waals surface area contributed by atoms with E-state index in [4.69, 9.17) is 4.74 Å². The summed E-state index contributed by atoms with van der Waals surface area (Å²) in [6.45, 7) is 13.2. The van der Waals surface area contributed by atoms with E-state index in [2.05, 4.69) is 40.7 Å². The van der Waals surface area contributed by atoms with Crippen molar-refractivity contribution in [1.82, 2.24) is 0 Å². The van der Waals surface area contributed by atoms with Crippen molar-refractivity contribution < 1.29 is 14.6 Å². The Hall–Kier alpha value is -1.09. The van der Waals surface area contributed by atoms with Crippen LogP contribution < -0.4 is 0 Å². The minimum absolute atomic E-state index is 0.163. The average Bonchev–Trinajstić information content (AvgIpc) is 2.43. The smallest absolute Gasteiger partial charge is 0.302 e. The predicted octanol–water partition coefficient (Wildman–Crippen LogP) is 5.05. The first-order valence-corrected chi connectivity index (χ1v) is 9.70. The van der Waals surface area contributed by atoms with Gasteiger partial charge in [0.25, 0.3) is 0 Å². The first-order chi connectivity index (χ1) is 11.6. The molecule has 0 aromatic rings. The molecule has 0 aromatic carbocycles. The molecule has 3 heteroatoms. The van der Waals surface area contributed by atoms with Gasteiger partial charge in [0.15, 0.2) is 0 Å². The lowest BCUT2D eigenvalue weighted by molar-refractivity contribution is -0.139. The second-order valence-corrected chi connectivity index (χ2v) is 9.24. The van der Waals surface area contributed by atoms with Gasteiger partial charge in [-0.3, -0.25) is 4.79 Å². The van der Waals surface area contributed by atoms with E-state index in [1.165, 1.54) is 18.1 Å². The van der Waals surface area contributed by atoms with Gasteiger partial charge in [0.05, 0.1) is 6.10 Å². The Kier molecular flexibility index (Phi) is 6.19. The maximum atomic E-state index is 10.9. The summed E-state index contributed by atoms with van der Waals surface area (Å²) in [6.07, 6.45) is 9.33. The maximum absolute atomic E-state index is 10.9. The molecular weight excluding hydrogens is 312 g/mol. The van der Waals surface area contributed by atoms with Crippen LogP contribution in [0.3, 0.4) is 0 Å². The zero-order valence-electron chi connectivity index (χ0n) is 16.9. The third-order valence-corrected chi connectivity index (χ3v) is 6.74. The van der Waals surface area contributed by atoms with E-state index in [-0.39, 0.29) is 22.9 Å². The standard InChI is InChI=1S/C22H36O3/c1-15(11-12-25-17(3)23)7-9-19-16(2)8-10-20-21(4,5)13-18(24)14-22(19,20)6/h8,11,18-20,24H,7,9-10,12-14H2,1-6H3/b15-11+/t18-,19-,20+,22+/m1/s1. The lowest BCUT2D eigenvalue weighted by atomic mass is 9.47. The molecule has 0 heterocycles. The molecule has 0 bridgehead atoms. The number of allylic oxidation sites excluding steroid dienone is 3. The number of aliphatic hydroxyl groups is 1. The number of esters is 1. The van der Waals surface area contributed by atoms with Gasteiger partial charge in [-0.05, 0) is 74.7 Å². The summed E-state index contributed by atoms with van der Waals surface area (Å²) in [5.74, 6) is 0.906. The van der Waals surface area contributed by atoms with Crippen LogP contribution in [0.2, 0.25) is 0 Å². The first kappa shape index (κ1) is 20.2. The molecule has 0 radical (unpaired) electrons. The number of carbonyl (C=O) groups is 1. The van der Waals surface area contributed by atoms with E-state index in [0.717, 1.165) is 32.1 Å². The number of hydrogen-bond acceptors (Lipinski definition) is 3. The molecule has 0 saturated heterocycles. The molecule has 1 saturated carbocycles. The van der Waals surface area contributed by atoms with Crippen molar-refractivity contribution in [3.05, 3.63) is 23.3 Å². The van der Waals surface area contributed by atoms with Crippen LogP contribution in [0, 0.1) is 22.7 Å². The van der Waals surface area contributed by atoms with E-state index >= 15 is 0 Å². The van der Waals surface area contributed by atoms with Crippen LogP contribution in [0.4, 0.5) is 0 Å². The Morgan fingerprint density at radius 3 is 2.64 bits per heavy atom. The van der Waals surface area contributed by atoms with Crippen molar-refractivity contribution in [3.8, 4) is 0 Å². The van der Waals surface area contributed by atoms with Gasteiger partial charge >= 0.3 is 5.97 Å². The molecule has 4 atom stereocenters. The van der Waals surface area contributed by atoms with E-state index in [1.54, 1.807) is 0 Å². The second-order valence-electron chi connectivity index (χ2n) is 9.24. The van der Waals surface area contributed by atoms with Crippen LogP contribution in [0.1, 0.15) is 73.6 Å². The summed E-state index contributed by atoms with van der Waals surface area (Å²) >= 11 is 0. The second kappa shape index (κ2) is 7.65. The van der Waals surface area contributed by atoms with Crippen LogP contribution in [0.15, 0.2) is 23.3 Å². The third kappa shape index (κ3) is 4.55. The highest BCUT2D eigenvalue weighted by atomic mass is 16.5. The van der Waals surface area contributed by atoms with Crippen molar-refractivity contribution in [3.63, 3.8) is 0 Å². The molecule has 142 valence electrons. The number of carbonyl (C=O) groups excluding carboxylic acids is 1. The van der Waals surface area contributed by atoms with Gasteiger partial charge in [-0.25, -0.2) is 0 Å². The van der Waals surface area contributed by atoms with Gasteiger partial charge in [0.1, 0.15) is 6.61 Å². The minimum Gasteiger partial charge on any atom is -0.462 e. The van der Waals surface area contributed by atoms with Crippen molar-refractivity contribution in [2.24, 2.45) is 22.7 Å². The van der Waals surface area contributed by atoms with E-state index in [1.807, 2.05) is 6.08 Å². The SMILES string of the molecule is CC(=O)OC/C=C(\C)CC[C@@H]1C(C)=CC[C@H]2C(C)(C)C[C@@H](O)C[C@@]12C. The van der Waals surface area contributed by atoms with E-state index < -0.39 is 0 Å². The van der Waals surface area contributed by atoms with Gasteiger partial charge < -0.3 is 9.84 Å². The van der Waals surface area contributed by atoms with Gasteiger partial charge in [0.2, 0.25) is 0 Å². The topological polar surface area (TPSA) is 46.5 Å². The fourth-order valence-electron chi connectivity index (χ4n) is 5.64. The van der Waals surface area contributed by atoms with E-state index in [0.29, 0.717) is 18.4 Å². The molecule has 0 aliphatic heterocycles.